The van der Waals surface area contributed by atoms with Gasteiger partial charge in [0.05, 0.1) is 20.0 Å². The molecule has 0 saturated carbocycles. The van der Waals surface area contributed by atoms with Crippen LogP contribution in [0.4, 0.5) is 5.00 Å². The SMILES string of the molecule is CCn1c(COc2ccc(Cl)c(C)c2)nnc1SCC(=O)Nc1scc(-c2ccc(OC)cc2)c1C(=O)OC. The second-order valence-corrected chi connectivity index (χ2v) is 10.5. The average Bonchev–Trinajstić information content (AvgIpc) is 3.55. The molecule has 12 heteroatoms. The Balaban J connectivity index is 1.42. The number of methoxy groups -OCH3 is 2. The molecule has 39 heavy (non-hydrogen) atoms. The van der Waals surface area contributed by atoms with Gasteiger partial charge >= 0.3 is 5.97 Å². The molecular weight excluding hydrogens is 560 g/mol. The predicted molar refractivity (Wildman–Crippen MR) is 153 cm³/mol. The zero-order valence-electron chi connectivity index (χ0n) is 21.8. The quantitative estimate of drug-likeness (QED) is 0.166. The number of ether oxygens (including phenoxy) is 3. The maximum absolute atomic E-state index is 12.9. The normalized spacial score (nSPS) is 10.8. The number of esters is 1. The number of nitrogens with zero attached hydrogens (tertiary/aromatic N) is 3. The summed E-state index contributed by atoms with van der Waals surface area (Å²) in [6.07, 6.45) is 0. The lowest BCUT2D eigenvalue weighted by Gasteiger charge is -2.10. The Hall–Kier alpha value is -3.54. The van der Waals surface area contributed by atoms with Crippen LogP contribution in [0, 0.1) is 6.92 Å². The summed E-state index contributed by atoms with van der Waals surface area (Å²) in [5.41, 5.74) is 2.70. The molecule has 2 heterocycles. The van der Waals surface area contributed by atoms with Gasteiger partial charge in [-0.15, -0.1) is 21.5 Å². The maximum Gasteiger partial charge on any atom is 0.341 e. The van der Waals surface area contributed by atoms with Gasteiger partial charge in [0, 0.05) is 22.5 Å². The Bertz CT molecular complexity index is 1470. The monoisotopic (exact) mass is 586 g/mol. The first-order valence-electron chi connectivity index (χ1n) is 11.9. The minimum absolute atomic E-state index is 0.0752. The van der Waals surface area contributed by atoms with E-state index in [-0.39, 0.29) is 18.3 Å². The smallest absolute Gasteiger partial charge is 0.341 e. The number of hydrogen-bond acceptors (Lipinski definition) is 9. The van der Waals surface area contributed by atoms with Crippen molar-refractivity contribution in [2.24, 2.45) is 0 Å². The van der Waals surface area contributed by atoms with Crippen molar-refractivity contribution in [1.29, 1.82) is 0 Å². The summed E-state index contributed by atoms with van der Waals surface area (Å²) in [6.45, 7) is 4.71. The van der Waals surface area contributed by atoms with Crippen LogP contribution in [0.2, 0.25) is 5.02 Å². The van der Waals surface area contributed by atoms with E-state index in [1.54, 1.807) is 19.2 Å². The molecular formula is C27H27ClN4O5S2. The van der Waals surface area contributed by atoms with Gasteiger partial charge in [-0.3, -0.25) is 4.79 Å². The van der Waals surface area contributed by atoms with Crippen molar-refractivity contribution in [2.75, 3.05) is 25.3 Å². The van der Waals surface area contributed by atoms with Gasteiger partial charge in [-0.1, -0.05) is 35.5 Å². The molecule has 0 aliphatic rings. The highest BCUT2D eigenvalue weighted by atomic mass is 35.5. The van der Waals surface area contributed by atoms with Gasteiger partial charge in [0.2, 0.25) is 5.91 Å². The molecule has 0 unspecified atom stereocenters. The van der Waals surface area contributed by atoms with Gasteiger partial charge in [0.1, 0.15) is 28.7 Å². The third-order valence-corrected chi connectivity index (χ3v) is 8.06. The van der Waals surface area contributed by atoms with E-state index in [1.165, 1.54) is 30.2 Å². The van der Waals surface area contributed by atoms with Crippen LogP contribution in [0.5, 0.6) is 11.5 Å². The van der Waals surface area contributed by atoms with E-state index < -0.39 is 5.97 Å². The Labute approximate surface area is 239 Å². The third kappa shape index (κ3) is 6.73. The molecule has 0 bridgehead atoms. The number of thioether (sulfide) groups is 1. The number of aromatic nitrogens is 3. The summed E-state index contributed by atoms with van der Waals surface area (Å²) >= 11 is 8.60. The average molecular weight is 587 g/mol. The molecule has 4 rings (SSSR count). The standard InChI is InChI=1S/C27H27ClN4O5S2/c1-5-32-22(13-37-19-10-11-21(28)16(2)12-19)30-31-27(32)39-15-23(33)29-25-24(26(34)36-4)20(14-38-25)17-6-8-18(35-3)9-7-17/h6-12,14H,5,13,15H2,1-4H3,(H,29,33). The lowest BCUT2D eigenvalue weighted by atomic mass is 10.0. The molecule has 1 N–H and O–H groups in total. The number of hydrogen-bond donors (Lipinski definition) is 1. The van der Waals surface area contributed by atoms with Gasteiger partial charge in [0.15, 0.2) is 11.0 Å². The zero-order valence-corrected chi connectivity index (χ0v) is 24.2. The highest BCUT2D eigenvalue weighted by Crippen LogP contribution is 2.37. The van der Waals surface area contributed by atoms with Crippen LogP contribution in [-0.4, -0.2) is 46.6 Å². The largest absolute Gasteiger partial charge is 0.497 e. The minimum atomic E-state index is -0.531. The number of carbonyl (C=O) groups excluding carboxylic acids is 2. The molecule has 204 valence electrons. The first-order valence-corrected chi connectivity index (χ1v) is 14.2. The van der Waals surface area contributed by atoms with Crippen LogP contribution in [0.25, 0.3) is 11.1 Å². The maximum atomic E-state index is 12.9. The van der Waals surface area contributed by atoms with Crippen molar-refractivity contribution in [1.82, 2.24) is 14.8 Å². The Morgan fingerprint density at radius 2 is 1.85 bits per heavy atom. The van der Waals surface area contributed by atoms with E-state index >= 15 is 0 Å². The van der Waals surface area contributed by atoms with Crippen LogP contribution < -0.4 is 14.8 Å². The second kappa shape index (κ2) is 13.0. The molecule has 0 aliphatic carbocycles. The van der Waals surface area contributed by atoms with Gasteiger partial charge in [0.25, 0.3) is 0 Å². The molecule has 1 amide bonds. The third-order valence-electron chi connectivity index (χ3n) is 5.77. The Kier molecular flexibility index (Phi) is 9.50. The Morgan fingerprint density at radius 3 is 2.51 bits per heavy atom. The number of anilines is 1. The number of carbonyl (C=O) groups is 2. The molecule has 4 aromatic rings. The number of aryl methyl sites for hydroxylation is 1. The summed E-state index contributed by atoms with van der Waals surface area (Å²) in [7, 11) is 2.90. The van der Waals surface area contributed by atoms with E-state index in [4.69, 9.17) is 25.8 Å². The summed E-state index contributed by atoms with van der Waals surface area (Å²) in [4.78, 5) is 25.5. The van der Waals surface area contributed by atoms with E-state index in [0.717, 1.165) is 11.1 Å². The van der Waals surface area contributed by atoms with E-state index in [2.05, 4.69) is 15.5 Å². The minimum Gasteiger partial charge on any atom is -0.497 e. The van der Waals surface area contributed by atoms with Gasteiger partial charge in [-0.25, -0.2) is 4.79 Å². The molecule has 0 saturated heterocycles. The first-order chi connectivity index (χ1) is 18.8. The molecule has 9 nitrogen and oxygen atoms in total. The van der Waals surface area contributed by atoms with Crippen LogP contribution in [0.15, 0.2) is 53.0 Å². The number of halogens is 1. The molecule has 0 spiro atoms. The molecule has 0 fully saturated rings. The van der Waals surface area contributed by atoms with E-state index in [1.807, 2.05) is 54.1 Å². The fourth-order valence-corrected chi connectivity index (χ4v) is 5.65. The molecule has 0 aliphatic heterocycles. The van der Waals surface area contributed by atoms with Crippen LogP contribution in [0.3, 0.4) is 0 Å². The molecule has 0 atom stereocenters. The van der Waals surface area contributed by atoms with Crippen LogP contribution in [-0.2, 0) is 22.7 Å². The van der Waals surface area contributed by atoms with Crippen LogP contribution >= 0.6 is 34.7 Å². The summed E-state index contributed by atoms with van der Waals surface area (Å²) in [6, 6.07) is 12.8. The van der Waals surface area contributed by atoms with Crippen molar-refractivity contribution in [2.45, 2.75) is 32.2 Å². The highest BCUT2D eigenvalue weighted by molar-refractivity contribution is 7.99. The van der Waals surface area contributed by atoms with Gasteiger partial charge in [-0.2, -0.15) is 0 Å². The van der Waals surface area contributed by atoms with Crippen molar-refractivity contribution in [3.05, 3.63) is 69.8 Å². The summed E-state index contributed by atoms with van der Waals surface area (Å²) in [5.74, 6) is 1.29. The van der Waals surface area contributed by atoms with Crippen LogP contribution in [0.1, 0.15) is 28.7 Å². The number of nitrogens with one attached hydrogen (secondary N) is 1. The first kappa shape index (κ1) is 28.5. The van der Waals surface area contributed by atoms with Crippen molar-refractivity contribution < 1.29 is 23.8 Å². The second-order valence-electron chi connectivity index (χ2n) is 8.25. The highest BCUT2D eigenvalue weighted by Gasteiger charge is 2.23. The fraction of sp³-hybridized carbons (Fsp3) is 0.259. The Morgan fingerprint density at radius 1 is 1.10 bits per heavy atom. The zero-order chi connectivity index (χ0) is 27.9. The van der Waals surface area contributed by atoms with Gasteiger partial charge < -0.3 is 24.1 Å². The van der Waals surface area contributed by atoms with Crippen molar-refractivity contribution in [3.63, 3.8) is 0 Å². The number of benzene rings is 2. The number of amides is 1. The summed E-state index contributed by atoms with van der Waals surface area (Å²) < 4.78 is 18.0. The lowest BCUT2D eigenvalue weighted by Crippen LogP contribution is -2.16. The van der Waals surface area contributed by atoms with E-state index in [9.17, 15) is 9.59 Å². The molecule has 0 radical (unpaired) electrons. The predicted octanol–water partition coefficient (Wildman–Crippen LogP) is 6.09. The van der Waals surface area contributed by atoms with E-state index in [0.29, 0.717) is 50.2 Å². The fourth-order valence-electron chi connectivity index (χ4n) is 3.74. The van der Waals surface area contributed by atoms with Crippen molar-refractivity contribution in [3.8, 4) is 22.6 Å². The number of rotatable bonds is 11. The van der Waals surface area contributed by atoms with Gasteiger partial charge in [-0.05, 0) is 55.3 Å². The number of thiophene rings is 1. The molecule has 2 aromatic heterocycles. The lowest BCUT2D eigenvalue weighted by molar-refractivity contribution is -0.113. The van der Waals surface area contributed by atoms with Crippen molar-refractivity contribution >= 4 is 51.6 Å². The summed E-state index contributed by atoms with van der Waals surface area (Å²) in [5, 5.41) is 14.8. The topological polar surface area (TPSA) is 105 Å². The molecule has 2 aromatic carbocycles.